The second-order valence-electron chi connectivity index (χ2n) is 6.62. The number of benzene rings is 2. The SMILES string of the molecule is CC[C@H](C)[C@H](NC(N)=O)C(=O)Nc1ccc(C(=O)Nc2ccc(OC)cc2)cc1. The third-order valence-corrected chi connectivity index (χ3v) is 4.56. The van der Waals surface area contributed by atoms with Gasteiger partial charge in [0.05, 0.1) is 7.11 Å². The molecular weight excluding hydrogens is 372 g/mol. The highest BCUT2D eigenvalue weighted by Gasteiger charge is 2.25. The molecular formula is C21H26N4O4. The minimum absolute atomic E-state index is 0.0861. The van der Waals surface area contributed by atoms with Crippen molar-refractivity contribution in [3.05, 3.63) is 54.1 Å². The predicted molar refractivity (Wildman–Crippen MR) is 112 cm³/mol. The maximum atomic E-state index is 12.5. The van der Waals surface area contributed by atoms with Crippen molar-refractivity contribution < 1.29 is 19.1 Å². The number of urea groups is 1. The smallest absolute Gasteiger partial charge is 0.312 e. The predicted octanol–water partition coefficient (Wildman–Crippen LogP) is 2.97. The molecule has 0 fully saturated rings. The summed E-state index contributed by atoms with van der Waals surface area (Å²) < 4.78 is 5.09. The number of anilines is 2. The van der Waals surface area contributed by atoms with E-state index in [1.807, 2.05) is 13.8 Å². The Morgan fingerprint density at radius 3 is 2.03 bits per heavy atom. The van der Waals surface area contributed by atoms with Crippen LogP contribution in [0.4, 0.5) is 16.2 Å². The van der Waals surface area contributed by atoms with Crippen molar-refractivity contribution >= 4 is 29.2 Å². The van der Waals surface area contributed by atoms with Crippen LogP contribution in [0.25, 0.3) is 0 Å². The van der Waals surface area contributed by atoms with E-state index in [2.05, 4.69) is 16.0 Å². The van der Waals surface area contributed by atoms with Gasteiger partial charge in [0, 0.05) is 16.9 Å². The summed E-state index contributed by atoms with van der Waals surface area (Å²) in [5.74, 6) is -0.0313. The molecule has 154 valence electrons. The zero-order valence-electron chi connectivity index (χ0n) is 16.7. The van der Waals surface area contributed by atoms with E-state index in [1.54, 1.807) is 55.6 Å². The van der Waals surface area contributed by atoms with E-state index in [9.17, 15) is 14.4 Å². The van der Waals surface area contributed by atoms with E-state index in [4.69, 9.17) is 10.5 Å². The van der Waals surface area contributed by atoms with Gasteiger partial charge in [-0.1, -0.05) is 20.3 Å². The molecule has 4 amide bonds. The molecule has 0 aliphatic rings. The lowest BCUT2D eigenvalue weighted by Gasteiger charge is -2.22. The number of carbonyl (C=O) groups excluding carboxylic acids is 3. The molecule has 0 saturated carbocycles. The number of hydrogen-bond donors (Lipinski definition) is 4. The van der Waals surface area contributed by atoms with Gasteiger partial charge in [0.1, 0.15) is 11.8 Å². The van der Waals surface area contributed by atoms with Crippen LogP contribution in [0.3, 0.4) is 0 Å². The fourth-order valence-electron chi connectivity index (χ4n) is 2.66. The number of primary amides is 1. The molecule has 0 aliphatic carbocycles. The molecule has 0 saturated heterocycles. The number of nitrogens with two attached hydrogens (primary N) is 1. The third-order valence-electron chi connectivity index (χ3n) is 4.56. The minimum Gasteiger partial charge on any atom is -0.497 e. The maximum Gasteiger partial charge on any atom is 0.312 e. The highest BCUT2D eigenvalue weighted by Crippen LogP contribution is 2.17. The summed E-state index contributed by atoms with van der Waals surface area (Å²) in [4.78, 5) is 36.0. The molecule has 5 N–H and O–H groups in total. The van der Waals surface area contributed by atoms with Crippen LogP contribution in [0.1, 0.15) is 30.6 Å². The van der Waals surface area contributed by atoms with Gasteiger partial charge >= 0.3 is 6.03 Å². The zero-order chi connectivity index (χ0) is 21.4. The van der Waals surface area contributed by atoms with Gasteiger partial charge in [-0.25, -0.2) is 4.79 Å². The van der Waals surface area contributed by atoms with E-state index in [0.29, 0.717) is 29.1 Å². The Kier molecular flexibility index (Phi) is 7.59. The summed E-state index contributed by atoms with van der Waals surface area (Å²) in [6.45, 7) is 3.77. The summed E-state index contributed by atoms with van der Waals surface area (Å²) in [6, 6.07) is 12.0. The highest BCUT2D eigenvalue weighted by atomic mass is 16.5. The first-order valence-electron chi connectivity index (χ1n) is 9.26. The van der Waals surface area contributed by atoms with Gasteiger partial charge in [0.25, 0.3) is 5.91 Å². The number of hydrogen-bond acceptors (Lipinski definition) is 4. The van der Waals surface area contributed by atoms with Crippen LogP contribution in [0.15, 0.2) is 48.5 Å². The molecule has 2 atom stereocenters. The Morgan fingerprint density at radius 2 is 1.52 bits per heavy atom. The molecule has 0 bridgehead atoms. The molecule has 2 aromatic carbocycles. The van der Waals surface area contributed by atoms with E-state index in [0.717, 1.165) is 0 Å². The molecule has 8 nitrogen and oxygen atoms in total. The topological polar surface area (TPSA) is 123 Å². The first-order chi connectivity index (χ1) is 13.8. The van der Waals surface area contributed by atoms with E-state index in [1.165, 1.54) is 0 Å². The van der Waals surface area contributed by atoms with Crippen LogP contribution in [0.2, 0.25) is 0 Å². The number of nitrogens with one attached hydrogen (secondary N) is 3. The molecule has 0 aromatic heterocycles. The van der Waals surface area contributed by atoms with Gasteiger partial charge in [-0.15, -0.1) is 0 Å². The van der Waals surface area contributed by atoms with Crippen molar-refractivity contribution in [3.8, 4) is 5.75 Å². The number of amides is 4. The monoisotopic (exact) mass is 398 g/mol. The van der Waals surface area contributed by atoms with E-state index < -0.39 is 12.1 Å². The first-order valence-corrected chi connectivity index (χ1v) is 9.26. The lowest BCUT2D eigenvalue weighted by Crippen LogP contribution is -2.49. The van der Waals surface area contributed by atoms with Crippen molar-refractivity contribution in [1.29, 1.82) is 0 Å². The molecule has 0 aliphatic heterocycles. The van der Waals surface area contributed by atoms with Gasteiger partial charge < -0.3 is 26.4 Å². The Hall–Kier alpha value is -3.55. The quantitative estimate of drug-likeness (QED) is 0.546. The lowest BCUT2D eigenvalue weighted by atomic mass is 9.98. The van der Waals surface area contributed by atoms with Crippen LogP contribution >= 0.6 is 0 Å². The highest BCUT2D eigenvalue weighted by molar-refractivity contribution is 6.05. The standard InChI is InChI=1S/C21H26N4O4/c1-4-13(2)18(25-21(22)28)20(27)24-15-7-5-14(6-8-15)19(26)23-16-9-11-17(29-3)12-10-16/h5-13,18H,4H2,1-3H3,(H,23,26)(H,24,27)(H3,22,25,28)/t13-,18-/m0/s1. The second kappa shape index (κ2) is 10.1. The summed E-state index contributed by atoms with van der Waals surface area (Å²) in [6.07, 6.45) is 0.697. The largest absolute Gasteiger partial charge is 0.497 e. The normalized spacial score (nSPS) is 12.4. The molecule has 0 heterocycles. The summed E-state index contributed by atoms with van der Waals surface area (Å²) >= 11 is 0. The minimum atomic E-state index is -0.754. The molecule has 8 heteroatoms. The first kappa shape index (κ1) is 21.7. The van der Waals surface area contributed by atoms with Gasteiger partial charge in [0.15, 0.2) is 0 Å². The average molecular weight is 398 g/mol. The Bertz CT molecular complexity index is 850. The second-order valence-corrected chi connectivity index (χ2v) is 6.62. The molecule has 0 spiro atoms. The number of rotatable bonds is 8. The Labute approximate surface area is 169 Å². The molecule has 2 aromatic rings. The van der Waals surface area contributed by atoms with Gasteiger partial charge in [-0.3, -0.25) is 9.59 Å². The molecule has 29 heavy (non-hydrogen) atoms. The summed E-state index contributed by atoms with van der Waals surface area (Å²) in [7, 11) is 1.57. The van der Waals surface area contributed by atoms with Gasteiger partial charge in [-0.05, 0) is 54.4 Å². The van der Waals surface area contributed by atoms with Crippen molar-refractivity contribution in [2.75, 3.05) is 17.7 Å². The van der Waals surface area contributed by atoms with Crippen molar-refractivity contribution in [1.82, 2.24) is 5.32 Å². The fourth-order valence-corrected chi connectivity index (χ4v) is 2.66. The summed E-state index contributed by atoms with van der Waals surface area (Å²) in [5, 5.41) is 7.99. The van der Waals surface area contributed by atoms with Crippen molar-refractivity contribution in [3.63, 3.8) is 0 Å². The maximum absolute atomic E-state index is 12.5. The van der Waals surface area contributed by atoms with Crippen LogP contribution in [-0.2, 0) is 4.79 Å². The van der Waals surface area contributed by atoms with Crippen molar-refractivity contribution in [2.45, 2.75) is 26.3 Å². The molecule has 0 radical (unpaired) electrons. The van der Waals surface area contributed by atoms with Crippen LogP contribution in [0.5, 0.6) is 5.75 Å². The number of methoxy groups -OCH3 is 1. The number of carbonyl (C=O) groups is 3. The number of ether oxygens (including phenoxy) is 1. The fraction of sp³-hybridized carbons (Fsp3) is 0.286. The summed E-state index contributed by atoms with van der Waals surface area (Å²) in [5.41, 5.74) is 6.76. The molecule has 0 unspecified atom stereocenters. The van der Waals surface area contributed by atoms with Crippen LogP contribution in [0, 0.1) is 5.92 Å². The van der Waals surface area contributed by atoms with Crippen LogP contribution in [-0.4, -0.2) is 31.0 Å². The van der Waals surface area contributed by atoms with Crippen molar-refractivity contribution in [2.24, 2.45) is 11.7 Å². The molecule has 2 rings (SSSR count). The van der Waals surface area contributed by atoms with Crippen LogP contribution < -0.4 is 26.4 Å². The van der Waals surface area contributed by atoms with Gasteiger partial charge in [0.2, 0.25) is 5.91 Å². The van der Waals surface area contributed by atoms with Gasteiger partial charge in [-0.2, -0.15) is 0 Å². The third kappa shape index (κ3) is 6.24. The average Bonchev–Trinajstić information content (AvgIpc) is 2.72. The van der Waals surface area contributed by atoms with E-state index in [-0.39, 0.29) is 17.7 Å². The Morgan fingerprint density at radius 1 is 0.966 bits per heavy atom. The zero-order valence-corrected chi connectivity index (χ0v) is 16.7. The lowest BCUT2D eigenvalue weighted by molar-refractivity contribution is -0.119. The Balaban J connectivity index is 2.01. The van der Waals surface area contributed by atoms with E-state index >= 15 is 0 Å².